The zero-order valence-corrected chi connectivity index (χ0v) is 13.8. The van der Waals surface area contributed by atoms with Crippen LogP contribution < -0.4 is 16.3 Å². The number of ketones is 1. The van der Waals surface area contributed by atoms with E-state index in [9.17, 15) is 14.4 Å². The Labute approximate surface area is 139 Å². The number of hydrogen-bond acceptors (Lipinski definition) is 6. The van der Waals surface area contributed by atoms with E-state index in [1.807, 2.05) is 13.0 Å². The summed E-state index contributed by atoms with van der Waals surface area (Å²) in [5.41, 5.74) is 7.53. The van der Waals surface area contributed by atoms with Crippen LogP contribution in [0.4, 0.5) is 5.69 Å². The predicted octanol–water partition coefficient (Wildman–Crippen LogP) is 0.854. The zero-order chi connectivity index (χ0) is 17.4. The summed E-state index contributed by atoms with van der Waals surface area (Å²) in [4.78, 5) is 40.5. The van der Waals surface area contributed by atoms with E-state index in [1.54, 1.807) is 18.0 Å². The zero-order valence-electron chi connectivity index (χ0n) is 13.8. The van der Waals surface area contributed by atoms with Crippen molar-refractivity contribution in [3.63, 3.8) is 0 Å². The number of fused-ring (bicyclic) bond motifs is 1. The van der Waals surface area contributed by atoms with Gasteiger partial charge in [-0.3, -0.25) is 19.4 Å². The first kappa shape index (κ1) is 16.2. The number of Topliss-reactive ketones (excluding diaryl/α,β-unsaturated/α-hetero) is 1. The summed E-state index contributed by atoms with van der Waals surface area (Å²) in [5.74, 6) is -0.0420. The fourth-order valence-corrected chi connectivity index (χ4v) is 3.33. The average molecular weight is 328 g/mol. The topological polar surface area (TPSA) is 98.3 Å². The number of hydrogen-bond donors (Lipinski definition) is 1. The largest absolute Gasteiger partial charge is 0.398 e. The maximum absolute atomic E-state index is 13.1. The minimum Gasteiger partial charge on any atom is -0.398 e. The normalized spacial score (nSPS) is 17.9. The van der Waals surface area contributed by atoms with E-state index in [1.165, 1.54) is 4.68 Å². The second kappa shape index (κ2) is 6.07. The molecule has 1 aliphatic heterocycles. The second-order valence-electron chi connectivity index (χ2n) is 6.16. The molecule has 7 heteroatoms. The Morgan fingerprint density at radius 2 is 2.08 bits per heavy atom. The molecule has 1 unspecified atom stereocenters. The van der Waals surface area contributed by atoms with Gasteiger partial charge in [0.1, 0.15) is 11.9 Å². The van der Waals surface area contributed by atoms with Gasteiger partial charge in [-0.2, -0.15) is 0 Å². The number of nitrogens with zero attached hydrogens (tertiary/aromatic N) is 3. The van der Waals surface area contributed by atoms with Gasteiger partial charge in [-0.25, -0.2) is 9.66 Å². The smallest absolute Gasteiger partial charge is 0.282 e. The van der Waals surface area contributed by atoms with Crippen LogP contribution in [0.2, 0.25) is 0 Å². The summed E-state index contributed by atoms with van der Waals surface area (Å²) in [5, 5.41) is 2.01. The van der Waals surface area contributed by atoms with Gasteiger partial charge in [-0.05, 0) is 44.7 Å². The fourth-order valence-electron chi connectivity index (χ4n) is 3.33. The average Bonchev–Trinajstić information content (AvgIpc) is 2.57. The van der Waals surface area contributed by atoms with Gasteiger partial charge in [0, 0.05) is 12.2 Å². The second-order valence-corrected chi connectivity index (χ2v) is 6.16. The van der Waals surface area contributed by atoms with Crippen molar-refractivity contribution in [3.05, 3.63) is 33.9 Å². The van der Waals surface area contributed by atoms with Crippen molar-refractivity contribution in [2.24, 2.45) is 0 Å². The Morgan fingerprint density at radius 3 is 2.79 bits per heavy atom. The molecule has 0 radical (unpaired) electrons. The molecule has 1 atom stereocenters. The monoisotopic (exact) mass is 328 g/mol. The van der Waals surface area contributed by atoms with Gasteiger partial charge in [0.2, 0.25) is 5.78 Å². The summed E-state index contributed by atoms with van der Waals surface area (Å²) in [6.07, 6.45) is 2.56. The number of anilines is 1. The number of nitrogens with two attached hydrogens (primary N) is 1. The van der Waals surface area contributed by atoms with E-state index in [0.29, 0.717) is 41.7 Å². The van der Waals surface area contributed by atoms with Crippen molar-refractivity contribution in [1.82, 2.24) is 9.66 Å². The van der Waals surface area contributed by atoms with Crippen LogP contribution in [0.3, 0.4) is 0 Å². The highest BCUT2D eigenvalue weighted by molar-refractivity contribution is 6.28. The third-order valence-electron chi connectivity index (χ3n) is 4.61. The Balaban J connectivity index is 2.25. The van der Waals surface area contributed by atoms with Crippen molar-refractivity contribution in [3.8, 4) is 0 Å². The Morgan fingerprint density at radius 1 is 1.33 bits per heavy atom. The van der Waals surface area contributed by atoms with Crippen LogP contribution in [0.1, 0.15) is 30.7 Å². The van der Waals surface area contributed by atoms with Gasteiger partial charge in [-0.1, -0.05) is 6.07 Å². The molecular weight excluding hydrogens is 308 g/mol. The van der Waals surface area contributed by atoms with Crippen molar-refractivity contribution in [1.29, 1.82) is 0 Å². The number of benzene rings is 1. The van der Waals surface area contributed by atoms with E-state index >= 15 is 0 Å². The molecule has 24 heavy (non-hydrogen) atoms. The summed E-state index contributed by atoms with van der Waals surface area (Å²) < 4.78 is 1.41. The lowest BCUT2D eigenvalue weighted by Gasteiger charge is -2.37. The first-order valence-corrected chi connectivity index (χ1v) is 8.00. The van der Waals surface area contributed by atoms with Crippen LogP contribution in [0.5, 0.6) is 0 Å². The number of rotatable bonds is 3. The lowest BCUT2D eigenvalue weighted by atomic mass is 10.0. The fraction of sp³-hybridized carbons (Fsp3) is 0.412. The lowest BCUT2D eigenvalue weighted by Crippen LogP contribution is -2.55. The molecular formula is C17H20N4O3. The molecule has 2 N–H and O–H groups in total. The minimum atomic E-state index is -0.627. The summed E-state index contributed by atoms with van der Waals surface area (Å²) >= 11 is 0. The predicted molar refractivity (Wildman–Crippen MR) is 91.7 cm³/mol. The highest BCUT2D eigenvalue weighted by atomic mass is 16.2. The highest BCUT2D eigenvalue weighted by Crippen LogP contribution is 2.22. The number of aldehydes is 1. The Kier molecular flexibility index (Phi) is 4.09. The number of piperidine rings is 1. The molecule has 1 aromatic carbocycles. The molecule has 2 heterocycles. The van der Waals surface area contributed by atoms with Crippen molar-refractivity contribution in [2.45, 2.75) is 39.2 Å². The molecule has 126 valence electrons. The number of carbonyl (C=O) groups excluding carboxylic acids is 2. The number of nitrogen functional groups attached to an aromatic ring is 1. The van der Waals surface area contributed by atoms with E-state index in [4.69, 9.17) is 5.73 Å². The van der Waals surface area contributed by atoms with Crippen LogP contribution in [-0.2, 0) is 9.59 Å². The molecule has 1 saturated heterocycles. The maximum atomic E-state index is 13.1. The Bertz CT molecular complexity index is 888. The molecule has 3 rings (SSSR count). The quantitative estimate of drug-likeness (QED) is 0.510. The van der Waals surface area contributed by atoms with Gasteiger partial charge in [-0.15, -0.1) is 0 Å². The third-order valence-corrected chi connectivity index (χ3v) is 4.61. The standard InChI is InChI=1S/C17H20N4O3/c1-10-6-7-12-15(16(10)18)17(24)21(11(2)19-12)20-8-4-3-5-13(20)14(23)9-22/h6-7,9,13H,3-5,8,18H2,1-2H3. The van der Waals surface area contributed by atoms with Gasteiger partial charge < -0.3 is 5.73 Å². The summed E-state index contributed by atoms with van der Waals surface area (Å²) in [6.45, 7) is 4.07. The van der Waals surface area contributed by atoms with E-state index in [2.05, 4.69) is 4.98 Å². The van der Waals surface area contributed by atoms with Crippen LogP contribution in [0, 0.1) is 13.8 Å². The van der Waals surface area contributed by atoms with Crippen LogP contribution in [0.15, 0.2) is 16.9 Å². The molecule has 0 amide bonds. The molecule has 0 aliphatic carbocycles. The molecule has 1 aliphatic rings. The highest BCUT2D eigenvalue weighted by Gasteiger charge is 2.31. The van der Waals surface area contributed by atoms with Crippen molar-refractivity contribution in [2.75, 3.05) is 17.3 Å². The number of aryl methyl sites for hydroxylation is 2. The molecule has 0 saturated carbocycles. The van der Waals surface area contributed by atoms with Crippen LogP contribution >= 0.6 is 0 Å². The molecule has 1 fully saturated rings. The molecule has 0 spiro atoms. The third kappa shape index (κ3) is 2.46. The molecule has 1 aromatic heterocycles. The number of carbonyl (C=O) groups is 2. The molecule has 7 nitrogen and oxygen atoms in total. The summed E-state index contributed by atoms with van der Waals surface area (Å²) in [6, 6.07) is 2.97. The minimum absolute atomic E-state index is 0.302. The van der Waals surface area contributed by atoms with Gasteiger partial charge >= 0.3 is 0 Å². The van der Waals surface area contributed by atoms with Gasteiger partial charge in [0.25, 0.3) is 5.56 Å². The van der Waals surface area contributed by atoms with Crippen molar-refractivity contribution < 1.29 is 9.59 Å². The van der Waals surface area contributed by atoms with Gasteiger partial charge in [0.05, 0.1) is 10.9 Å². The summed E-state index contributed by atoms with van der Waals surface area (Å²) in [7, 11) is 0. The number of aromatic nitrogens is 2. The molecule has 2 aromatic rings. The van der Waals surface area contributed by atoms with Gasteiger partial charge in [0.15, 0.2) is 6.29 Å². The SMILES string of the molecule is Cc1ccc2nc(C)n(N3CCCCC3C(=O)C=O)c(=O)c2c1N. The first-order valence-electron chi connectivity index (χ1n) is 8.00. The van der Waals surface area contributed by atoms with Crippen LogP contribution in [-0.4, -0.2) is 34.3 Å². The van der Waals surface area contributed by atoms with E-state index < -0.39 is 11.8 Å². The maximum Gasteiger partial charge on any atom is 0.282 e. The van der Waals surface area contributed by atoms with Crippen molar-refractivity contribution >= 4 is 28.7 Å². The first-order chi connectivity index (χ1) is 11.5. The van der Waals surface area contributed by atoms with Crippen LogP contribution in [0.25, 0.3) is 10.9 Å². The Hall–Kier alpha value is -2.70. The lowest BCUT2D eigenvalue weighted by molar-refractivity contribution is -0.131. The molecule has 0 bridgehead atoms. The van der Waals surface area contributed by atoms with E-state index in [-0.39, 0.29) is 5.56 Å². The van der Waals surface area contributed by atoms with E-state index in [0.717, 1.165) is 18.4 Å².